The zero-order chi connectivity index (χ0) is 17.8. The van der Waals surface area contributed by atoms with Gasteiger partial charge in [-0.15, -0.1) is 0 Å². The Bertz CT molecular complexity index is 772. The highest BCUT2D eigenvalue weighted by Gasteiger charge is 2.22. The van der Waals surface area contributed by atoms with Gasteiger partial charge in [-0.25, -0.2) is 0 Å². The molecule has 0 aliphatic carbocycles. The SMILES string of the molecule is COc1cc(/C=C/C(=O)N2CCc3oncc3C2)cc(OC)c1OC. The van der Waals surface area contributed by atoms with Gasteiger partial charge >= 0.3 is 0 Å². The van der Waals surface area contributed by atoms with E-state index < -0.39 is 0 Å². The number of nitrogens with zero attached hydrogens (tertiary/aromatic N) is 2. The van der Waals surface area contributed by atoms with Crippen LogP contribution < -0.4 is 14.2 Å². The normalized spacial score (nSPS) is 13.6. The maximum atomic E-state index is 12.4. The predicted molar refractivity (Wildman–Crippen MR) is 90.8 cm³/mol. The minimum atomic E-state index is -0.0689. The second kappa shape index (κ2) is 7.29. The van der Waals surface area contributed by atoms with Crippen molar-refractivity contribution in [3.8, 4) is 17.2 Å². The number of hydrogen-bond acceptors (Lipinski definition) is 6. The molecule has 1 aromatic carbocycles. The first-order chi connectivity index (χ1) is 12.2. The fourth-order valence-corrected chi connectivity index (χ4v) is 2.80. The Labute approximate surface area is 145 Å². The van der Waals surface area contributed by atoms with E-state index in [2.05, 4.69) is 5.16 Å². The quantitative estimate of drug-likeness (QED) is 0.775. The van der Waals surface area contributed by atoms with Gasteiger partial charge in [0.25, 0.3) is 0 Å². The minimum Gasteiger partial charge on any atom is -0.493 e. The van der Waals surface area contributed by atoms with Crippen LogP contribution in [0.5, 0.6) is 17.2 Å². The number of fused-ring (bicyclic) bond motifs is 1. The first-order valence-corrected chi connectivity index (χ1v) is 7.85. The van der Waals surface area contributed by atoms with Crippen molar-refractivity contribution in [2.45, 2.75) is 13.0 Å². The standard InChI is InChI=1S/C18H20N2O5/c1-22-15-8-12(9-16(23-2)18(15)24-3)4-5-17(21)20-7-6-14-13(11-20)10-19-25-14/h4-5,8-10H,6-7,11H2,1-3H3/b5-4+. The van der Waals surface area contributed by atoms with Gasteiger partial charge in [0.05, 0.1) is 34.1 Å². The molecule has 25 heavy (non-hydrogen) atoms. The zero-order valence-corrected chi connectivity index (χ0v) is 14.4. The van der Waals surface area contributed by atoms with E-state index in [0.717, 1.165) is 16.9 Å². The third-order valence-electron chi connectivity index (χ3n) is 4.12. The number of methoxy groups -OCH3 is 3. The Morgan fingerprint density at radius 1 is 1.20 bits per heavy atom. The number of hydrogen-bond donors (Lipinski definition) is 0. The maximum Gasteiger partial charge on any atom is 0.246 e. The van der Waals surface area contributed by atoms with Gasteiger partial charge in [0.2, 0.25) is 11.7 Å². The van der Waals surface area contributed by atoms with E-state index in [0.29, 0.717) is 36.8 Å². The third-order valence-corrected chi connectivity index (χ3v) is 4.12. The van der Waals surface area contributed by atoms with Crippen molar-refractivity contribution in [3.63, 3.8) is 0 Å². The van der Waals surface area contributed by atoms with Crippen molar-refractivity contribution in [1.29, 1.82) is 0 Å². The average Bonchev–Trinajstić information content (AvgIpc) is 3.12. The molecular weight excluding hydrogens is 324 g/mol. The molecule has 3 rings (SSSR count). The summed E-state index contributed by atoms with van der Waals surface area (Å²) in [5.74, 6) is 2.39. The Morgan fingerprint density at radius 2 is 1.92 bits per heavy atom. The van der Waals surface area contributed by atoms with Gasteiger partial charge in [-0.2, -0.15) is 0 Å². The van der Waals surface area contributed by atoms with Crippen LogP contribution >= 0.6 is 0 Å². The summed E-state index contributed by atoms with van der Waals surface area (Å²) < 4.78 is 21.1. The van der Waals surface area contributed by atoms with Crippen LogP contribution in [0.4, 0.5) is 0 Å². The van der Waals surface area contributed by atoms with E-state index >= 15 is 0 Å². The Kier molecular flexibility index (Phi) is 4.92. The molecule has 0 bridgehead atoms. The van der Waals surface area contributed by atoms with Crippen LogP contribution in [-0.2, 0) is 17.8 Å². The van der Waals surface area contributed by atoms with Gasteiger partial charge in [-0.3, -0.25) is 4.79 Å². The number of carbonyl (C=O) groups is 1. The van der Waals surface area contributed by atoms with Crippen molar-refractivity contribution in [1.82, 2.24) is 10.1 Å². The van der Waals surface area contributed by atoms with Crippen LogP contribution in [0.3, 0.4) is 0 Å². The monoisotopic (exact) mass is 344 g/mol. The van der Waals surface area contributed by atoms with Crippen LogP contribution in [-0.4, -0.2) is 43.8 Å². The molecule has 1 aliphatic rings. The molecule has 2 heterocycles. The van der Waals surface area contributed by atoms with E-state index in [1.165, 1.54) is 0 Å². The summed E-state index contributed by atoms with van der Waals surface area (Å²) >= 11 is 0. The lowest BCUT2D eigenvalue weighted by Crippen LogP contribution is -2.34. The summed E-state index contributed by atoms with van der Waals surface area (Å²) in [6, 6.07) is 3.58. The predicted octanol–water partition coefficient (Wildman–Crippen LogP) is 2.30. The van der Waals surface area contributed by atoms with Crippen LogP contribution in [0.1, 0.15) is 16.9 Å². The number of rotatable bonds is 5. The largest absolute Gasteiger partial charge is 0.493 e. The smallest absolute Gasteiger partial charge is 0.246 e. The third kappa shape index (κ3) is 3.45. The van der Waals surface area contributed by atoms with Crippen molar-refractivity contribution < 1.29 is 23.5 Å². The lowest BCUT2D eigenvalue weighted by molar-refractivity contribution is -0.126. The van der Waals surface area contributed by atoms with Gasteiger partial charge in [0.1, 0.15) is 5.76 Å². The molecule has 0 N–H and O–H groups in total. The summed E-state index contributed by atoms with van der Waals surface area (Å²) in [5.41, 5.74) is 1.74. The molecule has 1 aliphatic heterocycles. The molecular formula is C18H20N2O5. The van der Waals surface area contributed by atoms with Crippen LogP contribution in [0, 0.1) is 0 Å². The maximum absolute atomic E-state index is 12.4. The highest BCUT2D eigenvalue weighted by atomic mass is 16.5. The molecule has 0 fully saturated rings. The molecule has 0 radical (unpaired) electrons. The van der Waals surface area contributed by atoms with Crippen LogP contribution in [0.2, 0.25) is 0 Å². The Hall–Kier alpha value is -2.96. The topological polar surface area (TPSA) is 74.0 Å². The molecule has 0 spiro atoms. The average molecular weight is 344 g/mol. The lowest BCUT2D eigenvalue weighted by Gasteiger charge is -2.24. The van der Waals surface area contributed by atoms with E-state index in [9.17, 15) is 4.79 Å². The molecule has 0 atom stereocenters. The Morgan fingerprint density at radius 3 is 2.56 bits per heavy atom. The van der Waals surface area contributed by atoms with Gasteiger partial charge in [0.15, 0.2) is 11.5 Å². The second-order valence-corrected chi connectivity index (χ2v) is 5.58. The van der Waals surface area contributed by atoms with Gasteiger partial charge in [-0.05, 0) is 23.8 Å². The summed E-state index contributed by atoms with van der Waals surface area (Å²) in [6.45, 7) is 1.12. The molecule has 7 nitrogen and oxygen atoms in total. The molecule has 2 aromatic rings. The number of benzene rings is 1. The number of carbonyl (C=O) groups excluding carboxylic acids is 1. The van der Waals surface area contributed by atoms with Crippen molar-refractivity contribution >= 4 is 12.0 Å². The van der Waals surface area contributed by atoms with E-state index in [4.69, 9.17) is 18.7 Å². The summed E-state index contributed by atoms with van der Waals surface area (Å²) in [7, 11) is 4.66. The van der Waals surface area contributed by atoms with Gasteiger partial charge in [-0.1, -0.05) is 5.16 Å². The van der Waals surface area contributed by atoms with E-state index in [1.807, 2.05) is 0 Å². The Balaban J connectivity index is 1.76. The lowest BCUT2D eigenvalue weighted by atomic mass is 10.1. The number of aromatic nitrogens is 1. The molecule has 1 aromatic heterocycles. The first-order valence-electron chi connectivity index (χ1n) is 7.85. The van der Waals surface area contributed by atoms with Gasteiger partial charge in [0, 0.05) is 24.6 Å². The van der Waals surface area contributed by atoms with Crippen molar-refractivity contribution in [3.05, 3.63) is 41.3 Å². The highest BCUT2D eigenvalue weighted by Crippen LogP contribution is 2.38. The first kappa shape index (κ1) is 16.9. The molecule has 1 amide bonds. The molecule has 0 unspecified atom stereocenters. The van der Waals surface area contributed by atoms with E-state index in [1.54, 1.807) is 56.7 Å². The van der Waals surface area contributed by atoms with Crippen molar-refractivity contribution in [2.24, 2.45) is 0 Å². The van der Waals surface area contributed by atoms with Crippen LogP contribution in [0.25, 0.3) is 6.08 Å². The molecule has 7 heteroatoms. The highest BCUT2D eigenvalue weighted by molar-refractivity contribution is 5.92. The van der Waals surface area contributed by atoms with Crippen molar-refractivity contribution in [2.75, 3.05) is 27.9 Å². The summed E-state index contributed by atoms with van der Waals surface area (Å²) in [4.78, 5) is 14.2. The van der Waals surface area contributed by atoms with Crippen LogP contribution in [0.15, 0.2) is 28.9 Å². The summed E-state index contributed by atoms with van der Waals surface area (Å²) in [6.07, 6.45) is 5.62. The number of ether oxygens (including phenoxy) is 3. The van der Waals surface area contributed by atoms with E-state index in [-0.39, 0.29) is 5.91 Å². The second-order valence-electron chi connectivity index (χ2n) is 5.58. The minimum absolute atomic E-state index is 0.0689. The zero-order valence-electron chi connectivity index (χ0n) is 14.4. The fourth-order valence-electron chi connectivity index (χ4n) is 2.80. The fraction of sp³-hybridized carbons (Fsp3) is 0.333. The summed E-state index contributed by atoms with van der Waals surface area (Å²) in [5, 5.41) is 3.78. The molecule has 132 valence electrons. The van der Waals surface area contributed by atoms with Gasteiger partial charge < -0.3 is 23.6 Å². The number of amides is 1. The molecule has 0 saturated heterocycles. The molecule has 0 saturated carbocycles.